The third-order valence-electron chi connectivity index (χ3n) is 2.92. The Morgan fingerprint density at radius 2 is 1.89 bits per heavy atom. The molecular formula is C15H15N3O. The van der Waals surface area contributed by atoms with Gasteiger partial charge in [-0.05, 0) is 42.8 Å². The highest BCUT2D eigenvalue weighted by Gasteiger charge is 2.02. The maximum absolute atomic E-state index is 5.68. The van der Waals surface area contributed by atoms with E-state index in [2.05, 4.69) is 18.1 Å². The van der Waals surface area contributed by atoms with Gasteiger partial charge in [-0.2, -0.15) is 0 Å². The summed E-state index contributed by atoms with van der Waals surface area (Å²) in [6, 6.07) is 11.4. The Morgan fingerprint density at radius 3 is 2.68 bits per heavy atom. The van der Waals surface area contributed by atoms with E-state index in [0.717, 1.165) is 22.8 Å². The van der Waals surface area contributed by atoms with Crippen LogP contribution in [0.25, 0.3) is 5.65 Å². The quantitative estimate of drug-likeness (QED) is 0.730. The van der Waals surface area contributed by atoms with E-state index in [0.29, 0.717) is 6.61 Å². The summed E-state index contributed by atoms with van der Waals surface area (Å²) in [6.45, 7) is 2.51. The molecule has 0 aliphatic rings. The van der Waals surface area contributed by atoms with Crippen molar-refractivity contribution in [2.24, 2.45) is 0 Å². The van der Waals surface area contributed by atoms with Crippen molar-refractivity contribution in [1.82, 2.24) is 9.38 Å². The number of aryl methyl sites for hydroxylation is 1. The second kappa shape index (κ2) is 4.65. The highest BCUT2D eigenvalue weighted by atomic mass is 16.5. The summed E-state index contributed by atoms with van der Waals surface area (Å²) in [4.78, 5) is 4.50. The minimum Gasteiger partial charge on any atom is -0.487 e. The summed E-state index contributed by atoms with van der Waals surface area (Å²) in [5, 5.41) is 0. The Bertz CT molecular complexity index is 701. The van der Waals surface area contributed by atoms with Gasteiger partial charge in [0, 0.05) is 18.1 Å². The van der Waals surface area contributed by atoms with Gasteiger partial charge < -0.3 is 14.9 Å². The predicted molar refractivity (Wildman–Crippen MR) is 75.1 cm³/mol. The first-order chi connectivity index (χ1) is 9.20. The van der Waals surface area contributed by atoms with E-state index in [1.807, 2.05) is 47.0 Å². The van der Waals surface area contributed by atoms with Crippen molar-refractivity contribution < 1.29 is 4.74 Å². The number of hydrogen-bond donors (Lipinski definition) is 1. The highest BCUT2D eigenvalue weighted by molar-refractivity contribution is 5.42. The number of benzene rings is 1. The fourth-order valence-corrected chi connectivity index (χ4v) is 1.95. The molecule has 0 radical (unpaired) electrons. The molecule has 0 aliphatic carbocycles. The first-order valence-electron chi connectivity index (χ1n) is 6.13. The van der Waals surface area contributed by atoms with Crippen LogP contribution < -0.4 is 10.5 Å². The number of imidazole rings is 1. The van der Waals surface area contributed by atoms with Gasteiger partial charge in [-0.15, -0.1) is 0 Å². The van der Waals surface area contributed by atoms with Crippen LogP contribution in [0.4, 0.5) is 5.69 Å². The monoisotopic (exact) mass is 253 g/mol. The van der Waals surface area contributed by atoms with Gasteiger partial charge in [0.2, 0.25) is 0 Å². The molecule has 2 aromatic heterocycles. The van der Waals surface area contributed by atoms with Gasteiger partial charge in [0.25, 0.3) is 0 Å². The molecule has 0 amide bonds. The van der Waals surface area contributed by atoms with Crippen molar-refractivity contribution in [2.75, 3.05) is 5.73 Å². The number of pyridine rings is 1. The lowest BCUT2D eigenvalue weighted by Crippen LogP contribution is -1.95. The van der Waals surface area contributed by atoms with Gasteiger partial charge in [0.15, 0.2) is 0 Å². The van der Waals surface area contributed by atoms with Crippen molar-refractivity contribution in [3.8, 4) is 5.75 Å². The SMILES string of the molecule is Cc1ccc2nc(COc3ccc(N)cc3)cn2c1. The summed E-state index contributed by atoms with van der Waals surface area (Å²) in [5.74, 6) is 0.794. The number of nitrogens with two attached hydrogens (primary N) is 1. The zero-order valence-electron chi connectivity index (χ0n) is 10.7. The summed E-state index contributed by atoms with van der Waals surface area (Å²) in [6.07, 6.45) is 4.04. The molecule has 4 heteroatoms. The largest absolute Gasteiger partial charge is 0.487 e. The fraction of sp³-hybridized carbons (Fsp3) is 0.133. The molecule has 0 spiro atoms. The molecule has 2 heterocycles. The van der Waals surface area contributed by atoms with Gasteiger partial charge in [0.05, 0.1) is 5.69 Å². The van der Waals surface area contributed by atoms with E-state index in [-0.39, 0.29) is 0 Å². The molecular weight excluding hydrogens is 238 g/mol. The minimum atomic E-state index is 0.449. The molecule has 1 aromatic carbocycles. The fourth-order valence-electron chi connectivity index (χ4n) is 1.95. The van der Waals surface area contributed by atoms with Crippen LogP contribution in [0.1, 0.15) is 11.3 Å². The Morgan fingerprint density at radius 1 is 1.11 bits per heavy atom. The number of nitrogen functional groups attached to an aromatic ring is 1. The van der Waals surface area contributed by atoms with E-state index in [9.17, 15) is 0 Å². The summed E-state index contributed by atoms with van der Waals surface area (Å²) < 4.78 is 7.69. The molecule has 0 unspecified atom stereocenters. The minimum absolute atomic E-state index is 0.449. The second-order valence-electron chi connectivity index (χ2n) is 4.56. The van der Waals surface area contributed by atoms with Gasteiger partial charge in [-0.3, -0.25) is 0 Å². The molecule has 0 atom stereocenters. The van der Waals surface area contributed by atoms with Crippen molar-refractivity contribution in [1.29, 1.82) is 0 Å². The van der Waals surface area contributed by atoms with Crippen molar-refractivity contribution >= 4 is 11.3 Å². The van der Waals surface area contributed by atoms with Crippen molar-refractivity contribution in [3.63, 3.8) is 0 Å². The average molecular weight is 253 g/mol. The van der Waals surface area contributed by atoms with Crippen molar-refractivity contribution in [2.45, 2.75) is 13.5 Å². The number of ether oxygens (including phenoxy) is 1. The Kier molecular flexibility index (Phi) is 2.83. The lowest BCUT2D eigenvalue weighted by Gasteiger charge is -2.03. The number of hydrogen-bond acceptors (Lipinski definition) is 3. The molecule has 0 bridgehead atoms. The first-order valence-corrected chi connectivity index (χ1v) is 6.13. The highest BCUT2D eigenvalue weighted by Crippen LogP contribution is 2.15. The molecule has 2 N–H and O–H groups in total. The topological polar surface area (TPSA) is 52.5 Å². The second-order valence-corrected chi connectivity index (χ2v) is 4.56. The normalized spacial score (nSPS) is 10.8. The maximum Gasteiger partial charge on any atom is 0.137 e. The van der Waals surface area contributed by atoms with Crippen LogP contribution in [0.3, 0.4) is 0 Å². The molecule has 0 aliphatic heterocycles. The van der Waals surface area contributed by atoms with E-state index < -0.39 is 0 Å². The molecule has 0 fully saturated rings. The lowest BCUT2D eigenvalue weighted by molar-refractivity contribution is 0.302. The third-order valence-corrected chi connectivity index (χ3v) is 2.92. The number of nitrogens with zero attached hydrogens (tertiary/aromatic N) is 2. The summed E-state index contributed by atoms with van der Waals surface area (Å²) in [5.41, 5.74) is 9.40. The Labute approximate surface area is 111 Å². The van der Waals surface area contributed by atoms with Crippen LogP contribution in [0.2, 0.25) is 0 Å². The van der Waals surface area contributed by atoms with Crippen LogP contribution in [0.5, 0.6) is 5.75 Å². The van der Waals surface area contributed by atoms with E-state index in [1.54, 1.807) is 0 Å². The standard InChI is InChI=1S/C15H15N3O/c1-11-2-7-15-17-13(9-18(15)8-11)10-19-14-5-3-12(16)4-6-14/h2-9H,10,16H2,1H3. The number of fused-ring (bicyclic) bond motifs is 1. The van der Waals surface area contributed by atoms with E-state index in [4.69, 9.17) is 10.5 Å². The molecule has 3 aromatic rings. The maximum atomic E-state index is 5.68. The van der Waals surface area contributed by atoms with E-state index >= 15 is 0 Å². The zero-order chi connectivity index (χ0) is 13.2. The molecule has 19 heavy (non-hydrogen) atoms. The number of rotatable bonds is 3. The number of aromatic nitrogens is 2. The smallest absolute Gasteiger partial charge is 0.137 e. The lowest BCUT2D eigenvalue weighted by atomic mass is 10.3. The molecule has 96 valence electrons. The average Bonchev–Trinajstić information content (AvgIpc) is 2.80. The van der Waals surface area contributed by atoms with Crippen LogP contribution in [0.15, 0.2) is 48.8 Å². The van der Waals surface area contributed by atoms with Crippen LogP contribution in [-0.2, 0) is 6.61 Å². The molecule has 0 saturated carbocycles. The predicted octanol–water partition coefficient (Wildman–Crippen LogP) is 2.80. The third kappa shape index (κ3) is 2.52. The summed E-state index contributed by atoms with van der Waals surface area (Å²) in [7, 11) is 0. The Hall–Kier alpha value is -2.49. The van der Waals surface area contributed by atoms with Gasteiger partial charge >= 0.3 is 0 Å². The van der Waals surface area contributed by atoms with Crippen molar-refractivity contribution in [3.05, 3.63) is 60.0 Å². The van der Waals surface area contributed by atoms with Gasteiger partial charge in [-0.25, -0.2) is 4.98 Å². The first kappa shape index (κ1) is 11.6. The van der Waals surface area contributed by atoms with E-state index in [1.165, 1.54) is 5.56 Å². The van der Waals surface area contributed by atoms with Crippen LogP contribution in [-0.4, -0.2) is 9.38 Å². The van der Waals surface area contributed by atoms with Crippen LogP contribution >= 0.6 is 0 Å². The van der Waals surface area contributed by atoms with Crippen LogP contribution in [0, 0.1) is 6.92 Å². The van der Waals surface area contributed by atoms with Gasteiger partial charge in [-0.1, -0.05) is 6.07 Å². The number of anilines is 1. The molecule has 3 rings (SSSR count). The van der Waals surface area contributed by atoms with Gasteiger partial charge in [0.1, 0.15) is 18.0 Å². The molecule has 0 saturated heterocycles. The summed E-state index contributed by atoms with van der Waals surface area (Å²) >= 11 is 0. The zero-order valence-corrected chi connectivity index (χ0v) is 10.7. The Balaban J connectivity index is 1.76. The molecule has 4 nitrogen and oxygen atoms in total.